The van der Waals surface area contributed by atoms with Gasteiger partial charge in [0, 0.05) is 14.1 Å². The van der Waals surface area contributed by atoms with Crippen molar-refractivity contribution in [1.82, 2.24) is 10.2 Å². The Morgan fingerprint density at radius 1 is 1.42 bits per heavy atom. The third kappa shape index (κ3) is 7.78. The van der Waals surface area contributed by atoms with Gasteiger partial charge in [0.05, 0.1) is 12.9 Å². The molecule has 8 heteroatoms. The zero-order chi connectivity index (χ0) is 15.1. The van der Waals surface area contributed by atoms with Crippen LogP contribution in [0.3, 0.4) is 0 Å². The molecule has 0 aromatic carbocycles. The van der Waals surface area contributed by atoms with E-state index in [4.69, 9.17) is 0 Å². The van der Waals surface area contributed by atoms with E-state index in [0.29, 0.717) is 13.0 Å². The maximum Gasteiger partial charge on any atom is 0.325 e. The highest BCUT2D eigenvalue weighted by Crippen LogP contribution is 2.04. The molecule has 0 unspecified atom stereocenters. The number of nitrogens with one attached hydrogen (secondary N) is 1. The van der Waals surface area contributed by atoms with Gasteiger partial charge in [-0.1, -0.05) is 0 Å². The van der Waals surface area contributed by atoms with Crippen molar-refractivity contribution >= 4 is 22.3 Å². The van der Waals surface area contributed by atoms with Crippen LogP contribution in [0.25, 0.3) is 0 Å². The Balaban J connectivity index is 4.15. The van der Waals surface area contributed by atoms with Gasteiger partial charge >= 0.3 is 5.97 Å². The summed E-state index contributed by atoms with van der Waals surface area (Å²) in [5, 5.41) is 2.95. The van der Waals surface area contributed by atoms with E-state index in [9.17, 15) is 13.2 Å². The lowest BCUT2D eigenvalue weighted by Crippen LogP contribution is -2.48. The molecule has 0 aliphatic rings. The first kappa shape index (κ1) is 17.8. The van der Waals surface area contributed by atoms with E-state index in [1.54, 1.807) is 32.8 Å². The molecule has 0 aliphatic carbocycles. The highest BCUT2D eigenvalue weighted by molar-refractivity contribution is 7.90. The summed E-state index contributed by atoms with van der Waals surface area (Å²) in [6.07, 6.45) is 1.62. The first-order valence-electron chi connectivity index (χ1n) is 5.89. The molecule has 0 aromatic heterocycles. The summed E-state index contributed by atoms with van der Waals surface area (Å²) in [6.45, 7) is 3.74. The maximum absolute atomic E-state index is 11.5. The molecular weight excluding hydrogens is 270 g/mol. The van der Waals surface area contributed by atoms with E-state index in [-0.39, 0.29) is 11.7 Å². The van der Waals surface area contributed by atoms with Gasteiger partial charge in [0.25, 0.3) is 10.0 Å². The molecule has 0 rings (SSSR count). The van der Waals surface area contributed by atoms with Gasteiger partial charge in [-0.25, -0.2) is 8.42 Å². The SMILES string of the molecule is COC(=O)C(C)(C)NCCCS(=O)(=O)/N=C\N(C)C. The number of sulfonamides is 1. The summed E-state index contributed by atoms with van der Waals surface area (Å²) < 4.78 is 31.1. The number of nitrogens with zero attached hydrogens (tertiary/aromatic N) is 2. The monoisotopic (exact) mass is 293 g/mol. The summed E-state index contributed by atoms with van der Waals surface area (Å²) in [4.78, 5) is 12.9. The lowest BCUT2D eigenvalue weighted by atomic mass is 10.1. The van der Waals surface area contributed by atoms with Gasteiger partial charge in [-0.15, -0.1) is 0 Å². The molecule has 0 amide bonds. The van der Waals surface area contributed by atoms with E-state index in [1.807, 2.05) is 0 Å². The third-order valence-corrected chi connectivity index (χ3v) is 3.50. The number of hydrogen-bond donors (Lipinski definition) is 1. The van der Waals surface area contributed by atoms with Crippen molar-refractivity contribution in [2.45, 2.75) is 25.8 Å². The molecule has 0 spiro atoms. The van der Waals surface area contributed by atoms with E-state index in [0.717, 1.165) is 0 Å². The van der Waals surface area contributed by atoms with Crippen molar-refractivity contribution in [3.63, 3.8) is 0 Å². The molecule has 0 aromatic rings. The van der Waals surface area contributed by atoms with Crippen molar-refractivity contribution in [3.8, 4) is 0 Å². The zero-order valence-electron chi connectivity index (χ0n) is 12.1. The van der Waals surface area contributed by atoms with E-state index < -0.39 is 15.6 Å². The van der Waals surface area contributed by atoms with Crippen molar-refractivity contribution in [2.75, 3.05) is 33.5 Å². The molecule has 0 radical (unpaired) electrons. The summed E-state index contributed by atoms with van der Waals surface area (Å²) in [6, 6.07) is 0. The highest BCUT2D eigenvalue weighted by atomic mass is 32.2. The van der Waals surface area contributed by atoms with Gasteiger partial charge in [0.1, 0.15) is 11.9 Å². The molecular formula is C11H23N3O4S. The summed E-state index contributed by atoms with van der Waals surface area (Å²) >= 11 is 0. The normalized spacial score (nSPS) is 12.7. The number of esters is 1. The fourth-order valence-electron chi connectivity index (χ4n) is 1.20. The number of hydrogen-bond acceptors (Lipinski definition) is 5. The Kier molecular flexibility index (Phi) is 6.99. The van der Waals surface area contributed by atoms with Crippen LogP contribution < -0.4 is 5.32 Å². The molecule has 0 heterocycles. The second-order valence-electron chi connectivity index (χ2n) is 4.87. The Morgan fingerprint density at radius 3 is 2.47 bits per heavy atom. The molecule has 0 saturated carbocycles. The van der Waals surface area contributed by atoms with Gasteiger partial charge in [0.2, 0.25) is 0 Å². The largest absolute Gasteiger partial charge is 0.468 e. The smallest absolute Gasteiger partial charge is 0.325 e. The van der Waals surface area contributed by atoms with E-state index in [1.165, 1.54) is 13.4 Å². The molecule has 1 N–H and O–H groups in total. The summed E-state index contributed by atoms with van der Waals surface area (Å²) in [5.74, 6) is -0.456. The summed E-state index contributed by atoms with van der Waals surface area (Å²) in [7, 11) is 1.25. The van der Waals surface area contributed by atoms with E-state index in [2.05, 4.69) is 14.5 Å². The minimum absolute atomic E-state index is 0.0679. The van der Waals surface area contributed by atoms with Crippen LogP contribution in [0.1, 0.15) is 20.3 Å². The first-order chi connectivity index (χ1) is 8.60. The molecule has 7 nitrogen and oxygen atoms in total. The first-order valence-corrected chi connectivity index (χ1v) is 7.49. The number of carbonyl (C=O) groups is 1. The minimum atomic E-state index is -3.45. The zero-order valence-corrected chi connectivity index (χ0v) is 13.0. The van der Waals surface area contributed by atoms with Gasteiger partial charge < -0.3 is 15.0 Å². The molecule has 0 aliphatic heterocycles. The van der Waals surface area contributed by atoms with Crippen LogP contribution in [-0.4, -0.2) is 64.7 Å². The fraction of sp³-hybridized carbons (Fsp3) is 0.818. The van der Waals surface area contributed by atoms with E-state index >= 15 is 0 Å². The number of rotatable bonds is 8. The lowest BCUT2D eigenvalue weighted by molar-refractivity contribution is -0.147. The Bertz CT molecular complexity index is 416. The average molecular weight is 293 g/mol. The predicted molar refractivity (Wildman–Crippen MR) is 74.7 cm³/mol. The fourth-order valence-corrected chi connectivity index (χ4v) is 2.15. The molecule has 19 heavy (non-hydrogen) atoms. The number of methoxy groups -OCH3 is 1. The Labute approximate surface area is 115 Å². The second-order valence-corrected chi connectivity index (χ2v) is 6.65. The van der Waals surface area contributed by atoms with Crippen LogP contribution in [0.15, 0.2) is 4.40 Å². The number of ether oxygens (including phenoxy) is 1. The van der Waals surface area contributed by atoms with Crippen LogP contribution in [0.2, 0.25) is 0 Å². The van der Waals surface area contributed by atoms with Crippen molar-refractivity contribution < 1.29 is 17.9 Å². The minimum Gasteiger partial charge on any atom is -0.468 e. The van der Waals surface area contributed by atoms with Gasteiger partial charge in [-0.05, 0) is 26.8 Å². The topological polar surface area (TPSA) is 88.1 Å². The van der Waals surface area contributed by atoms with Gasteiger partial charge in [0.15, 0.2) is 0 Å². The quantitative estimate of drug-likeness (QED) is 0.289. The molecule has 0 bridgehead atoms. The van der Waals surface area contributed by atoms with Gasteiger partial charge in [-0.3, -0.25) is 4.79 Å². The van der Waals surface area contributed by atoms with Crippen LogP contribution in [-0.2, 0) is 19.6 Å². The standard InChI is InChI=1S/C11H23N3O4S/c1-11(2,10(15)18-5)12-7-6-8-19(16,17)13-9-14(3)4/h9,12H,6-8H2,1-5H3/b13-9-. The molecule has 0 fully saturated rings. The Hall–Kier alpha value is -1.15. The van der Waals surface area contributed by atoms with Gasteiger partial charge in [-0.2, -0.15) is 4.40 Å². The Morgan fingerprint density at radius 2 is 2.00 bits per heavy atom. The van der Waals surface area contributed by atoms with Crippen LogP contribution in [0.5, 0.6) is 0 Å². The average Bonchev–Trinajstić information content (AvgIpc) is 2.31. The highest BCUT2D eigenvalue weighted by Gasteiger charge is 2.27. The maximum atomic E-state index is 11.5. The third-order valence-electron chi connectivity index (χ3n) is 2.28. The predicted octanol–water partition coefficient (Wildman–Crippen LogP) is -0.163. The second kappa shape index (κ2) is 7.44. The van der Waals surface area contributed by atoms with Crippen LogP contribution >= 0.6 is 0 Å². The van der Waals surface area contributed by atoms with Crippen LogP contribution in [0.4, 0.5) is 0 Å². The summed E-state index contributed by atoms with van der Waals surface area (Å²) in [5.41, 5.74) is -0.828. The van der Waals surface area contributed by atoms with Crippen molar-refractivity contribution in [3.05, 3.63) is 0 Å². The molecule has 112 valence electrons. The molecule has 0 atom stereocenters. The van der Waals surface area contributed by atoms with Crippen LogP contribution in [0, 0.1) is 0 Å². The van der Waals surface area contributed by atoms with Crippen molar-refractivity contribution in [1.29, 1.82) is 0 Å². The number of carbonyl (C=O) groups excluding carboxylic acids is 1. The van der Waals surface area contributed by atoms with Crippen molar-refractivity contribution in [2.24, 2.45) is 4.40 Å². The lowest BCUT2D eigenvalue weighted by Gasteiger charge is -2.22. The molecule has 0 saturated heterocycles.